The average molecular weight is 436 g/mol. The minimum Gasteiger partial charge on any atom is -0.381 e. The van der Waals surface area contributed by atoms with E-state index in [9.17, 15) is 8.42 Å². The van der Waals surface area contributed by atoms with Crippen molar-refractivity contribution in [3.63, 3.8) is 0 Å². The number of anilines is 3. The van der Waals surface area contributed by atoms with Crippen molar-refractivity contribution in [2.75, 3.05) is 49.4 Å². The number of ether oxygens (including phenoxy) is 2. The Morgan fingerprint density at radius 1 is 1.17 bits per heavy atom. The van der Waals surface area contributed by atoms with Gasteiger partial charge in [-0.25, -0.2) is 13.4 Å². The molecule has 0 amide bonds. The molecule has 0 spiro atoms. The van der Waals surface area contributed by atoms with Crippen LogP contribution >= 0.6 is 0 Å². The summed E-state index contributed by atoms with van der Waals surface area (Å²) < 4.78 is 36.1. The second-order valence-corrected chi connectivity index (χ2v) is 10.5. The van der Waals surface area contributed by atoms with Crippen LogP contribution in [0, 0.1) is 6.92 Å². The van der Waals surface area contributed by atoms with Crippen LogP contribution in [0.15, 0.2) is 18.2 Å². The molecule has 0 saturated carbocycles. The smallest absolute Gasteiger partial charge is 0.157 e. The Labute approximate surface area is 177 Å². The Balaban J connectivity index is 1.82. The van der Waals surface area contributed by atoms with E-state index in [1.807, 2.05) is 25.1 Å². The third-order valence-electron chi connectivity index (χ3n) is 5.97. The maximum absolute atomic E-state index is 13.0. The number of sulfone groups is 1. The molecule has 4 heterocycles. The lowest BCUT2D eigenvalue weighted by Gasteiger charge is -2.38. The van der Waals surface area contributed by atoms with Crippen molar-refractivity contribution in [3.8, 4) is 0 Å². The van der Waals surface area contributed by atoms with Crippen LogP contribution in [-0.4, -0.2) is 68.9 Å². The number of H-pyrrole nitrogens is 1. The molecule has 4 rings (SSSR count). The molecule has 0 aliphatic carbocycles. The normalized spacial score (nSPS) is 22.1. The molecule has 0 bridgehead atoms. The van der Waals surface area contributed by atoms with Gasteiger partial charge in [0, 0.05) is 37.8 Å². The molecule has 9 nitrogen and oxygen atoms in total. The van der Waals surface area contributed by atoms with Crippen molar-refractivity contribution >= 4 is 27.3 Å². The van der Waals surface area contributed by atoms with Crippen LogP contribution in [0.2, 0.25) is 0 Å². The molecule has 2 aliphatic rings. The van der Waals surface area contributed by atoms with E-state index in [2.05, 4.69) is 27.3 Å². The first kappa shape index (κ1) is 21.1. The molecular formula is C20H29N5O4S. The van der Waals surface area contributed by atoms with Crippen molar-refractivity contribution in [1.82, 2.24) is 15.2 Å². The van der Waals surface area contributed by atoms with Crippen molar-refractivity contribution in [1.29, 1.82) is 0 Å². The van der Waals surface area contributed by atoms with E-state index < -0.39 is 14.6 Å². The van der Waals surface area contributed by atoms with E-state index in [-0.39, 0.29) is 6.04 Å². The van der Waals surface area contributed by atoms with Gasteiger partial charge < -0.3 is 19.7 Å². The number of aromatic amines is 1. The van der Waals surface area contributed by atoms with E-state index in [0.717, 1.165) is 17.1 Å². The highest BCUT2D eigenvalue weighted by Crippen LogP contribution is 2.42. The van der Waals surface area contributed by atoms with Gasteiger partial charge in [0.2, 0.25) is 0 Å². The zero-order chi connectivity index (χ0) is 21.4. The Hall–Kier alpha value is -2.17. The summed E-state index contributed by atoms with van der Waals surface area (Å²) in [5.41, 5.74) is 1.67. The van der Waals surface area contributed by atoms with Gasteiger partial charge in [0.15, 0.2) is 15.7 Å². The molecule has 30 heavy (non-hydrogen) atoms. The summed E-state index contributed by atoms with van der Waals surface area (Å²) in [6.07, 6.45) is 2.17. The molecular weight excluding hydrogens is 406 g/mol. The average Bonchev–Trinajstić information content (AvgIpc) is 3.12. The highest BCUT2D eigenvalue weighted by molar-refractivity contribution is 7.91. The molecule has 2 aliphatic heterocycles. The molecule has 2 aromatic rings. The number of nitrogens with zero attached hydrogens (tertiary/aromatic N) is 3. The zero-order valence-corrected chi connectivity index (χ0v) is 18.5. The number of morpholine rings is 1. The Morgan fingerprint density at radius 3 is 2.57 bits per heavy atom. The summed E-state index contributed by atoms with van der Waals surface area (Å²) in [4.78, 5) is 6.97. The molecule has 164 valence electrons. The highest BCUT2D eigenvalue weighted by atomic mass is 32.2. The van der Waals surface area contributed by atoms with Gasteiger partial charge >= 0.3 is 0 Å². The summed E-state index contributed by atoms with van der Waals surface area (Å²) in [5, 5.41) is 10.4. The van der Waals surface area contributed by atoms with Crippen LogP contribution < -0.4 is 10.2 Å². The number of nitrogens with one attached hydrogen (secondary N) is 2. The van der Waals surface area contributed by atoms with E-state index in [1.54, 1.807) is 0 Å². The van der Waals surface area contributed by atoms with Crippen molar-refractivity contribution < 1.29 is 17.9 Å². The zero-order valence-electron chi connectivity index (χ0n) is 17.6. The molecule has 0 aromatic carbocycles. The van der Waals surface area contributed by atoms with E-state index in [1.165, 1.54) is 6.26 Å². The number of aryl methyl sites for hydroxylation is 1. The maximum Gasteiger partial charge on any atom is 0.157 e. The number of hydrogen-bond acceptors (Lipinski definition) is 8. The van der Waals surface area contributed by atoms with E-state index >= 15 is 0 Å². The Morgan fingerprint density at radius 2 is 1.93 bits per heavy atom. The Bertz CT molecular complexity index is 1000. The number of aromatic nitrogens is 3. The van der Waals surface area contributed by atoms with Crippen LogP contribution in [0.1, 0.15) is 31.0 Å². The summed E-state index contributed by atoms with van der Waals surface area (Å²) in [7, 11) is -3.39. The van der Waals surface area contributed by atoms with Crippen molar-refractivity contribution in [3.05, 3.63) is 29.5 Å². The maximum atomic E-state index is 13.0. The molecule has 1 atom stereocenters. The number of rotatable bonds is 5. The van der Waals surface area contributed by atoms with Gasteiger partial charge in [-0.15, -0.1) is 0 Å². The minimum atomic E-state index is -3.39. The molecule has 1 unspecified atom stereocenters. The summed E-state index contributed by atoms with van der Waals surface area (Å²) in [5.74, 6) is 1.95. The van der Waals surface area contributed by atoms with Gasteiger partial charge in [0.1, 0.15) is 16.4 Å². The molecule has 10 heteroatoms. The van der Waals surface area contributed by atoms with Gasteiger partial charge in [-0.2, -0.15) is 5.10 Å². The Kier molecular flexibility index (Phi) is 5.73. The molecule has 2 N–H and O–H groups in total. The summed E-state index contributed by atoms with van der Waals surface area (Å²) >= 11 is 0. The van der Waals surface area contributed by atoms with Gasteiger partial charge in [-0.05, 0) is 44.4 Å². The lowest BCUT2D eigenvalue weighted by molar-refractivity contribution is 0.0742. The predicted molar refractivity (Wildman–Crippen MR) is 115 cm³/mol. The van der Waals surface area contributed by atoms with Gasteiger partial charge in [0.25, 0.3) is 0 Å². The van der Waals surface area contributed by atoms with Crippen LogP contribution in [0.5, 0.6) is 0 Å². The quantitative estimate of drug-likeness (QED) is 0.735. The van der Waals surface area contributed by atoms with Crippen LogP contribution in [0.3, 0.4) is 0 Å². The van der Waals surface area contributed by atoms with Gasteiger partial charge in [0.05, 0.1) is 19.3 Å². The first-order valence-electron chi connectivity index (χ1n) is 10.2. The fraction of sp³-hybridized carbons (Fsp3) is 0.600. The summed E-state index contributed by atoms with van der Waals surface area (Å²) in [6.45, 7) is 6.76. The fourth-order valence-electron chi connectivity index (χ4n) is 4.25. The lowest BCUT2D eigenvalue weighted by atomic mass is 9.90. The molecule has 2 saturated heterocycles. The number of hydrogen-bond donors (Lipinski definition) is 2. The molecule has 2 fully saturated rings. The number of pyridine rings is 1. The third kappa shape index (κ3) is 4.03. The summed E-state index contributed by atoms with van der Waals surface area (Å²) in [6, 6.07) is 5.79. The van der Waals surface area contributed by atoms with Crippen LogP contribution in [0.4, 0.5) is 17.5 Å². The highest BCUT2D eigenvalue weighted by Gasteiger charge is 2.44. The second kappa shape index (κ2) is 8.16. The minimum absolute atomic E-state index is 0.144. The van der Waals surface area contributed by atoms with Gasteiger partial charge in [-0.3, -0.25) is 5.10 Å². The van der Waals surface area contributed by atoms with E-state index in [0.29, 0.717) is 57.4 Å². The largest absolute Gasteiger partial charge is 0.381 e. The first-order chi connectivity index (χ1) is 14.3. The SMILES string of the molecule is Cc1cc(Nc2cc(C3(S(C)(=O)=O)CCOCC3)cc(N3CCOCC3C)n2)n[nH]1. The van der Waals surface area contributed by atoms with Crippen LogP contribution in [-0.2, 0) is 24.1 Å². The van der Waals surface area contributed by atoms with E-state index in [4.69, 9.17) is 14.5 Å². The molecule has 2 aromatic heterocycles. The lowest BCUT2D eigenvalue weighted by Crippen LogP contribution is -2.45. The second-order valence-electron chi connectivity index (χ2n) is 8.16. The van der Waals surface area contributed by atoms with Gasteiger partial charge in [-0.1, -0.05) is 0 Å². The van der Waals surface area contributed by atoms with Crippen molar-refractivity contribution in [2.45, 2.75) is 37.5 Å². The fourth-order valence-corrected chi connectivity index (χ4v) is 5.70. The third-order valence-corrected chi connectivity index (χ3v) is 8.04. The van der Waals surface area contributed by atoms with Crippen LogP contribution in [0.25, 0.3) is 0 Å². The first-order valence-corrected chi connectivity index (χ1v) is 12.1. The topological polar surface area (TPSA) is 109 Å². The van der Waals surface area contributed by atoms with Crippen molar-refractivity contribution in [2.24, 2.45) is 0 Å². The predicted octanol–water partition coefficient (Wildman–Crippen LogP) is 2.13. The standard InChI is InChI=1S/C20H29N5O4S/c1-14-10-18(24-23-14)21-17-11-16(20(30(3,26)27)4-7-28-8-5-20)12-19(22-17)25-6-9-29-13-15(25)2/h10-12,15H,4-9,13H2,1-3H3,(H2,21,22,23,24). The molecule has 0 radical (unpaired) electrons. The monoisotopic (exact) mass is 435 g/mol.